The van der Waals surface area contributed by atoms with Crippen LogP contribution >= 0.6 is 0 Å². The lowest BCUT2D eigenvalue weighted by atomic mass is 10.2. The lowest BCUT2D eigenvalue weighted by Crippen LogP contribution is -2.36. The highest BCUT2D eigenvalue weighted by Crippen LogP contribution is 2.17. The number of rotatable bonds is 6. The minimum absolute atomic E-state index is 0.00710. The molecule has 1 aromatic heterocycles. The van der Waals surface area contributed by atoms with E-state index in [2.05, 4.69) is 9.97 Å². The summed E-state index contributed by atoms with van der Waals surface area (Å²) in [7, 11) is 0.725. The first-order chi connectivity index (χ1) is 12.3. The normalized spacial score (nSPS) is 19.1. The first-order valence-electron chi connectivity index (χ1n) is 8.69. The van der Waals surface area contributed by atoms with Gasteiger partial charge >= 0.3 is 0 Å². The molecule has 1 aliphatic rings. The van der Waals surface area contributed by atoms with Gasteiger partial charge in [0.05, 0.1) is 41.0 Å². The molecule has 0 bridgehead atoms. The molecule has 0 saturated carbocycles. The van der Waals surface area contributed by atoms with Gasteiger partial charge in [-0.2, -0.15) is 0 Å². The predicted molar refractivity (Wildman–Crippen MR) is 100 cm³/mol. The van der Waals surface area contributed by atoms with Gasteiger partial charge < -0.3 is 9.80 Å². The number of aromatic nitrogens is 2. The van der Waals surface area contributed by atoms with Gasteiger partial charge in [-0.1, -0.05) is 12.1 Å². The van der Waals surface area contributed by atoms with Crippen molar-refractivity contribution in [1.29, 1.82) is 0 Å². The number of para-hydroxylation sites is 2. The number of fused-ring (bicyclic) bond motifs is 1. The van der Waals surface area contributed by atoms with Crippen molar-refractivity contribution in [3.05, 3.63) is 36.2 Å². The molecular weight excluding hydrogens is 352 g/mol. The Morgan fingerprint density at radius 2 is 1.96 bits per heavy atom. The van der Waals surface area contributed by atoms with Gasteiger partial charge in [0.25, 0.3) is 0 Å². The monoisotopic (exact) mass is 376 g/mol. The Balaban J connectivity index is 1.52. The van der Waals surface area contributed by atoms with Gasteiger partial charge in [-0.25, -0.2) is 13.4 Å². The number of sulfone groups is 1. The zero-order chi connectivity index (χ0) is 18.7. The van der Waals surface area contributed by atoms with Crippen molar-refractivity contribution in [1.82, 2.24) is 19.8 Å². The minimum Gasteiger partial charge on any atom is -0.340 e. The maximum absolute atomic E-state index is 12.4. The summed E-state index contributed by atoms with van der Waals surface area (Å²) in [6.45, 7) is 0.949. The van der Waals surface area contributed by atoms with Crippen LogP contribution in [0.3, 0.4) is 0 Å². The van der Waals surface area contributed by atoms with Gasteiger partial charge in [-0.15, -0.1) is 0 Å². The highest BCUT2D eigenvalue weighted by molar-refractivity contribution is 7.91. The molecule has 0 radical (unpaired) electrons. The van der Waals surface area contributed by atoms with Gasteiger partial charge in [0.2, 0.25) is 5.91 Å². The van der Waals surface area contributed by atoms with Crippen LogP contribution in [0.15, 0.2) is 30.5 Å². The Bertz CT molecular complexity index is 900. The van der Waals surface area contributed by atoms with Crippen molar-refractivity contribution < 1.29 is 13.2 Å². The van der Waals surface area contributed by atoms with Gasteiger partial charge in [0.1, 0.15) is 0 Å². The third-order valence-corrected chi connectivity index (χ3v) is 6.58. The van der Waals surface area contributed by atoms with E-state index in [-0.39, 0.29) is 23.5 Å². The van der Waals surface area contributed by atoms with Crippen LogP contribution in [0.4, 0.5) is 0 Å². The summed E-state index contributed by atoms with van der Waals surface area (Å²) in [6, 6.07) is 7.65. The van der Waals surface area contributed by atoms with Crippen molar-refractivity contribution in [3.63, 3.8) is 0 Å². The molecule has 3 rings (SSSR count). The quantitative estimate of drug-likeness (QED) is 0.751. The van der Waals surface area contributed by atoms with Crippen LogP contribution in [0.5, 0.6) is 0 Å². The Morgan fingerprint density at radius 1 is 1.23 bits per heavy atom. The number of hydrogen-bond donors (Lipinski definition) is 0. The van der Waals surface area contributed by atoms with Crippen molar-refractivity contribution in [2.45, 2.75) is 25.4 Å². The fourth-order valence-corrected chi connectivity index (χ4v) is 4.98. The topological polar surface area (TPSA) is 83.5 Å². The molecule has 0 unspecified atom stereocenters. The van der Waals surface area contributed by atoms with Crippen LogP contribution in [0, 0.1) is 0 Å². The summed E-state index contributed by atoms with van der Waals surface area (Å²) in [5, 5.41) is 0. The second-order valence-corrected chi connectivity index (χ2v) is 9.12. The highest BCUT2D eigenvalue weighted by atomic mass is 32.2. The van der Waals surface area contributed by atoms with Crippen LogP contribution in [0.1, 0.15) is 18.5 Å². The molecule has 1 fully saturated rings. The third kappa shape index (κ3) is 4.56. The van der Waals surface area contributed by atoms with E-state index in [9.17, 15) is 13.2 Å². The molecule has 1 atom stereocenters. The van der Waals surface area contributed by atoms with Crippen LogP contribution < -0.4 is 0 Å². The molecule has 1 amide bonds. The van der Waals surface area contributed by atoms with E-state index >= 15 is 0 Å². The number of hydrogen-bond acceptors (Lipinski definition) is 6. The van der Waals surface area contributed by atoms with E-state index in [1.165, 1.54) is 0 Å². The van der Waals surface area contributed by atoms with E-state index in [0.29, 0.717) is 25.9 Å². The van der Waals surface area contributed by atoms with Crippen molar-refractivity contribution in [2.75, 3.05) is 32.1 Å². The second kappa shape index (κ2) is 7.67. The molecule has 1 aliphatic heterocycles. The molecule has 0 spiro atoms. The largest absolute Gasteiger partial charge is 0.340 e. The molecule has 1 aromatic carbocycles. The molecule has 0 aliphatic carbocycles. The number of carbonyl (C=O) groups excluding carboxylic acids is 1. The molecule has 2 heterocycles. The maximum Gasteiger partial charge on any atom is 0.223 e. The second-order valence-electron chi connectivity index (χ2n) is 6.89. The molecule has 26 heavy (non-hydrogen) atoms. The van der Waals surface area contributed by atoms with Crippen LogP contribution in [0.2, 0.25) is 0 Å². The SMILES string of the molecule is CN(Cc1cnc2ccccc2n1)C(=O)CCN(C)[C@H]1CCS(=O)(=O)C1. The summed E-state index contributed by atoms with van der Waals surface area (Å²) in [5.74, 6) is 0.448. The van der Waals surface area contributed by atoms with Crippen LogP contribution in [-0.4, -0.2) is 72.3 Å². The fourth-order valence-electron chi connectivity index (χ4n) is 3.17. The van der Waals surface area contributed by atoms with Crippen LogP contribution in [-0.2, 0) is 21.2 Å². The van der Waals surface area contributed by atoms with E-state index in [1.807, 2.05) is 36.2 Å². The Morgan fingerprint density at radius 3 is 2.65 bits per heavy atom. The molecule has 1 saturated heterocycles. The summed E-state index contributed by atoms with van der Waals surface area (Å²) in [5.41, 5.74) is 2.39. The predicted octanol–water partition coefficient (Wildman–Crippen LogP) is 1.10. The number of nitrogens with zero attached hydrogens (tertiary/aromatic N) is 4. The molecule has 8 heteroatoms. The van der Waals surface area contributed by atoms with E-state index in [1.54, 1.807) is 18.1 Å². The van der Waals surface area contributed by atoms with Crippen molar-refractivity contribution in [3.8, 4) is 0 Å². The number of carbonyl (C=O) groups is 1. The summed E-state index contributed by atoms with van der Waals surface area (Å²) >= 11 is 0. The summed E-state index contributed by atoms with van der Waals surface area (Å²) in [4.78, 5) is 24.9. The molecule has 7 nitrogen and oxygen atoms in total. The molecule has 2 aromatic rings. The van der Waals surface area contributed by atoms with E-state index < -0.39 is 9.84 Å². The van der Waals surface area contributed by atoms with Gasteiger partial charge in [0, 0.05) is 26.1 Å². The average molecular weight is 376 g/mol. The zero-order valence-corrected chi connectivity index (χ0v) is 15.9. The third-order valence-electron chi connectivity index (χ3n) is 4.83. The summed E-state index contributed by atoms with van der Waals surface area (Å²) in [6.07, 6.45) is 2.70. The molecular formula is C18H24N4O3S. The number of amides is 1. The zero-order valence-electron chi connectivity index (χ0n) is 15.1. The first-order valence-corrected chi connectivity index (χ1v) is 10.5. The Hall–Kier alpha value is -2.06. The first kappa shape index (κ1) is 18.7. The van der Waals surface area contributed by atoms with Crippen molar-refractivity contribution >= 4 is 26.8 Å². The Kier molecular flexibility index (Phi) is 5.52. The molecule has 0 N–H and O–H groups in total. The van der Waals surface area contributed by atoms with Crippen molar-refractivity contribution in [2.24, 2.45) is 0 Å². The fraction of sp³-hybridized carbons (Fsp3) is 0.500. The van der Waals surface area contributed by atoms with Gasteiger partial charge in [0.15, 0.2) is 9.84 Å². The Labute approximate surface area is 154 Å². The van der Waals surface area contributed by atoms with Gasteiger partial charge in [-0.05, 0) is 25.6 Å². The average Bonchev–Trinajstić information content (AvgIpc) is 2.99. The maximum atomic E-state index is 12.4. The lowest BCUT2D eigenvalue weighted by molar-refractivity contribution is -0.130. The molecule has 140 valence electrons. The van der Waals surface area contributed by atoms with E-state index in [0.717, 1.165) is 16.7 Å². The standard InChI is InChI=1S/C18H24N4O3S/c1-21(15-8-10-26(24,25)13-15)9-7-18(23)22(2)12-14-11-19-16-5-3-4-6-17(16)20-14/h3-6,11,15H,7-10,12-13H2,1-2H3/t15-/m0/s1. The highest BCUT2D eigenvalue weighted by Gasteiger charge is 2.30. The van der Waals surface area contributed by atoms with Gasteiger partial charge in [-0.3, -0.25) is 9.78 Å². The number of benzene rings is 1. The lowest BCUT2D eigenvalue weighted by Gasteiger charge is -2.24. The van der Waals surface area contributed by atoms with E-state index in [4.69, 9.17) is 0 Å². The van der Waals surface area contributed by atoms with Crippen LogP contribution in [0.25, 0.3) is 11.0 Å². The smallest absolute Gasteiger partial charge is 0.223 e. The minimum atomic E-state index is -2.91. The summed E-state index contributed by atoms with van der Waals surface area (Å²) < 4.78 is 23.1.